The van der Waals surface area contributed by atoms with Crippen molar-refractivity contribution < 1.29 is 28.8 Å². The number of hydrogen-bond donors (Lipinski definition) is 1. The summed E-state index contributed by atoms with van der Waals surface area (Å²) in [4.78, 5) is 45.4. The molecule has 2 unspecified atom stereocenters. The first kappa shape index (κ1) is 23.3. The summed E-state index contributed by atoms with van der Waals surface area (Å²) in [7, 11) is 0. The first-order valence-corrected chi connectivity index (χ1v) is 10.8. The Bertz CT molecular complexity index is 1200. The molecule has 1 aliphatic rings. The molecule has 4 rings (SSSR count). The third kappa shape index (κ3) is 4.22. The van der Waals surface area contributed by atoms with Crippen molar-refractivity contribution in [2.24, 2.45) is 11.3 Å². The van der Waals surface area contributed by atoms with Crippen LogP contribution in [0, 0.1) is 11.3 Å². The first-order valence-electron chi connectivity index (χ1n) is 10.8. The third-order valence-electron chi connectivity index (χ3n) is 5.66. The van der Waals surface area contributed by atoms with E-state index >= 15 is 0 Å². The molecule has 1 amide bonds. The van der Waals surface area contributed by atoms with Gasteiger partial charge in [0.2, 0.25) is 11.7 Å². The summed E-state index contributed by atoms with van der Waals surface area (Å²) in [6.07, 6.45) is 2.97. The minimum atomic E-state index is -1.23. The van der Waals surface area contributed by atoms with E-state index in [9.17, 15) is 19.5 Å². The van der Waals surface area contributed by atoms with Crippen molar-refractivity contribution in [3.63, 3.8) is 0 Å². The van der Waals surface area contributed by atoms with Crippen molar-refractivity contribution >= 4 is 23.2 Å². The number of ether oxygens (including phenoxy) is 1. The van der Waals surface area contributed by atoms with Crippen molar-refractivity contribution in [2.75, 3.05) is 18.1 Å². The van der Waals surface area contributed by atoms with Gasteiger partial charge in [0.1, 0.15) is 24.5 Å². The molecule has 176 valence electrons. The SMILES string of the molecule is CC(C)(C)C(=O)C1C(=O)C(=O)N(c2ccc(-c3ccon3)cc2)C1c1cccnc1OCCO. The van der Waals surface area contributed by atoms with Crippen molar-refractivity contribution in [1.82, 2.24) is 10.1 Å². The highest BCUT2D eigenvalue weighted by Gasteiger charge is 2.54. The zero-order valence-corrected chi connectivity index (χ0v) is 19.1. The highest BCUT2D eigenvalue weighted by Crippen LogP contribution is 2.45. The van der Waals surface area contributed by atoms with E-state index in [1.54, 1.807) is 63.2 Å². The molecule has 0 aliphatic carbocycles. The van der Waals surface area contributed by atoms with Gasteiger partial charge in [-0.1, -0.05) is 38.1 Å². The number of carbonyl (C=O) groups excluding carboxylic acids is 3. The van der Waals surface area contributed by atoms with Crippen LogP contribution in [0.1, 0.15) is 32.4 Å². The maximum atomic E-state index is 13.4. The van der Waals surface area contributed by atoms with Crippen LogP contribution in [0.15, 0.2) is 59.4 Å². The van der Waals surface area contributed by atoms with Gasteiger partial charge in [0.25, 0.3) is 5.91 Å². The molecule has 34 heavy (non-hydrogen) atoms. The average molecular weight is 463 g/mol. The van der Waals surface area contributed by atoms with E-state index in [-0.39, 0.29) is 24.9 Å². The lowest BCUT2D eigenvalue weighted by atomic mass is 9.77. The Balaban J connectivity index is 1.83. The van der Waals surface area contributed by atoms with Crippen molar-refractivity contribution in [2.45, 2.75) is 26.8 Å². The summed E-state index contributed by atoms with van der Waals surface area (Å²) >= 11 is 0. The van der Waals surface area contributed by atoms with E-state index in [0.717, 1.165) is 5.56 Å². The number of anilines is 1. The number of nitrogens with zero attached hydrogens (tertiary/aromatic N) is 3. The summed E-state index contributed by atoms with van der Waals surface area (Å²) in [6.45, 7) is 4.88. The fraction of sp³-hybridized carbons (Fsp3) is 0.320. The largest absolute Gasteiger partial charge is 0.475 e. The van der Waals surface area contributed by atoms with Crippen LogP contribution in [0.4, 0.5) is 5.69 Å². The normalized spacial score (nSPS) is 18.4. The fourth-order valence-electron chi connectivity index (χ4n) is 4.04. The van der Waals surface area contributed by atoms with Gasteiger partial charge in [-0.2, -0.15) is 0 Å². The minimum absolute atomic E-state index is 0.0249. The van der Waals surface area contributed by atoms with E-state index in [0.29, 0.717) is 16.9 Å². The number of aliphatic hydroxyl groups excluding tert-OH is 1. The van der Waals surface area contributed by atoms with Crippen molar-refractivity contribution in [1.29, 1.82) is 0 Å². The molecule has 1 aromatic carbocycles. The van der Waals surface area contributed by atoms with Gasteiger partial charge < -0.3 is 14.4 Å². The van der Waals surface area contributed by atoms with Crippen LogP contribution in [0.25, 0.3) is 11.3 Å². The fourth-order valence-corrected chi connectivity index (χ4v) is 4.04. The van der Waals surface area contributed by atoms with Crippen LogP contribution in [0.5, 0.6) is 5.88 Å². The predicted octanol–water partition coefficient (Wildman–Crippen LogP) is 3.00. The number of rotatable bonds is 7. The number of Topliss-reactive ketones (excluding diaryl/α,β-unsaturated/α-hetero) is 2. The number of carbonyl (C=O) groups is 3. The molecule has 3 heterocycles. The Labute approximate surface area is 196 Å². The van der Waals surface area contributed by atoms with E-state index < -0.39 is 29.1 Å². The van der Waals surface area contributed by atoms with Gasteiger partial charge >= 0.3 is 0 Å². The maximum absolute atomic E-state index is 13.4. The van der Waals surface area contributed by atoms with Crippen LogP contribution in [-0.2, 0) is 14.4 Å². The van der Waals surface area contributed by atoms with Crippen molar-refractivity contribution in [3.8, 4) is 17.1 Å². The second-order valence-electron chi connectivity index (χ2n) is 8.98. The van der Waals surface area contributed by atoms with Crippen LogP contribution in [0.3, 0.4) is 0 Å². The molecule has 2 aromatic heterocycles. The Kier molecular flexibility index (Phi) is 6.30. The second-order valence-corrected chi connectivity index (χ2v) is 8.98. The zero-order valence-electron chi connectivity index (χ0n) is 19.1. The summed E-state index contributed by atoms with van der Waals surface area (Å²) < 4.78 is 10.5. The van der Waals surface area contributed by atoms with E-state index in [1.165, 1.54) is 17.4 Å². The first-order chi connectivity index (χ1) is 16.2. The zero-order chi connectivity index (χ0) is 24.5. The molecule has 3 aromatic rings. The lowest BCUT2D eigenvalue weighted by molar-refractivity contribution is -0.141. The number of benzene rings is 1. The van der Waals surface area contributed by atoms with Gasteiger partial charge in [-0.25, -0.2) is 4.98 Å². The van der Waals surface area contributed by atoms with Gasteiger partial charge in [-0.15, -0.1) is 0 Å². The quantitative estimate of drug-likeness (QED) is 0.419. The Morgan fingerprint density at radius 2 is 1.88 bits per heavy atom. The second kappa shape index (κ2) is 9.18. The lowest BCUT2D eigenvalue weighted by Crippen LogP contribution is -2.36. The lowest BCUT2D eigenvalue weighted by Gasteiger charge is -2.30. The van der Waals surface area contributed by atoms with Gasteiger partial charge in [-0.3, -0.25) is 19.3 Å². The standard InChI is InChI=1S/C25H25N3O6/c1-25(2,3)22(31)19-20(17-5-4-11-26-23(17)33-14-12-29)28(24(32)21(19)30)16-8-6-15(7-9-16)18-10-13-34-27-18/h4-11,13,19-20,29H,12,14H2,1-3H3. The van der Waals surface area contributed by atoms with Gasteiger partial charge in [0, 0.05) is 34.5 Å². The molecule has 0 spiro atoms. The predicted molar refractivity (Wildman–Crippen MR) is 122 cm³/mol. The smallest absolute Gasteiger partial charge is 0.295 e. The molecule has 1 aliphatic heterocycles. The number of ketones is 2. The molecule has 1 fully saturated rings. The molecule has 0 radical (unpaired) electrons. The number of hydrogen-bond acceptors (Lipinski definition) is 8. The molecular formula is C25H25N3O6. The maximum Gasteiger partial charge on any atom is 0.295 e. The number of aliphatic hydroxyl groups is 1. The molecule has 0 bridgehead atoms. The molecule has 0 saturated carbocycles. The number of pyridine rings is 1. The van der Waals surface area contributed by atoms with E-state index in [2.05, 4.69) is 10.1 Å². The third-order valence-corrected chi connectivity index (χ3v) is 5.66. The van der Waals surface area contributed by atoms with Gasteiger partial charge in [-0.05, 0) is 24.3 Å². The van der Waals surface area contributed by atoms with E-state index in [1.807, 2.05) is 0 Å². The Morgan fingerprint density at radius 3 is 2.50 bits per heavy atom. The summed E-state index contributed by atoms with van der Waals surface area (Å²) in [5.41, 5.74) is 1.39. The number of amides is 1. The summed E-state index contributed by atoms with van der Waals surface area (Å²) in [5.74, 6) is -2.99. The van der Waals surface area contributed by atoms with Gasteiger partial charge in [0.15, 0.2) is 5.78 Å². The minimum Gasteiger partial charge on any atom is -0.475 e. The topological polar surface area (TPSA) is 123 Å². The molecular weight excluding hydrogens is 438 g/mol. The average Bonchev–Trinajstić information content (AvgIpc) is 3.44. The number of aromatic nitrogens is 2. The van der Waals surface area contributed by atoms with Crippen LogP contribution in [0.2, 0.25) is 0 Å². The summed E-state index contributed by atoms with van der Waals surface area (Å²) in [5, 5.41) is 13.1. The molecule has 9 nitrogen and oxygen atoms in total. The van der Waals surface area contributed by atoms with Crippen LogP contribution >= 0.6 is 0 Å². The highest BCUT2D eigenvalue weighted by atomic mass is 16.5. The van der Waals surface area contributed by atoms with Crippen LogP contribution < -0.4 is 9.64 Å². The summed E-state index contributed by atoms with van der Waals surface area (Å²) in [6, 6.07) is 11.0. The van der Waals surface area contributed by atoms with Crippen molar-refractivity contribution in [3.05, 3.63) is 60.5 Å². The molecule has 1 N–H and O–H groups in total. The molecule has 9 heteroatoms. The Morgan fingerprint density at radius 1 is 1.15 bits per heavy atom. The monoisotopic (exact) mass is 463 g/mol. The van der Waals surface area contributed by atoms with E-state index in [4.69, 9.17) is 9.26 Å². The molecule has 2 atom stereocenters. The highest BCUT2D eigenvalue weighted by molar-refractivity contribution is 6.48. The molecule has 1 saturated heterocycles. The van der Waals surface area contributed by atoms with Crippen LogP contribution in [-0.4, -0.2) is 45.9 Å². The Hall–Kier alpha value is -3.85. The van der Waals surface area contributed by atoms with Gasteiger partial charge in [0.05, 0.1) is 12.6 Å².